The van der Waals surface area contributed by atoms with Crippen molar-refractivity contribution in [3.63, 3.8) is 0 Å². The second-order valence-electron chi connectivity index (χ2n) is 7.57. The fraction of sp³-hybridized carbons (Fsp3) is 0.867. The van der Waals surface area contributed by atoms with Crippen LogP contribution in [0.2, 0.25) is 0 Å². The number of rotatable bonds is 1. The Morgan fingerprint density at radius 3 is 1.95 bits per heavy atom. The Morgan fingerprint density at radius 2 is 1.53 bits per heavy atom. The highest BCUT2D eigenvalue weighted by atomic mass is 16.3. The van der Waals surface area contributed by atoms with E-state index in [1.807, 2.05) is 41.5 Å². The van der Waals surface area contributed by atoms with Gasteiger partial charge >= 0.3 is 0 Å². The summed E-state index contributed by atoms with van der Waals surface area (Å²) in [5.41, 5.74) is -1.00. The van der Waals surface area contributed by atoms with E-state index in [2.05, 4.69) is 0 Å². The average molecular weight is 269 g/mol. The van der Waals surface area contributed by atoms with Gasteiger partial charge in [-0.05, 0) is 12.8 Å². The van der Waals surface area contributed by atoms with Crippen LogP contribution in [-0.4, -0.2) is 40.4 Å². The first-order valence-corrected chi connectivity index (χ1v) is 6.98. The number of nitrogens with zero attached hydrogens (tertiary/aromatic N) is 1. The zero-order valence-electron chi connectivity index (χ0n) is 13.0. The number of amides is 1. The molecule has 19 heavy (non-hydrogen) atoms. The van der Waals surface area contributed by atoms with Gasteiger partial charge in [0.15, 0.2) is 5.78 Å². The smallest absolute Gasteiger partial charge is 0.228 e. The van der Waals surface area contributed by atoms with Gasteiger partial charge in [0, 0.05) is 17.4 Å². The predicted octanol–water partition coefficient (Wildman–Crippen LogP) is 2.00. The van der Waals surface area contributed by atoms with Gasteiger partial charge < -0.3 is 10.0 Å². The van der Waals surface area contributed by atoms with Crippen LogP contribution in [0, 0.1) is 10.8 Å². The first-order chi connectivity index (χ1) is 8.44. The number of likely N-dealkylation sites (tertiary alicyclic amines) is 1. The van der Waals surface area contributed by atoms with Crippen LogP contribution in [0.25, 0.3) is 0 Å². The van der Waals surface area contributed by atoms with E-state index in [9.17, 15) is 14.7 Å². The van der Waals surface area contributed by atoms with Crippen molar-refractivity contribution < 1.29 is 14.7 Å². The SMILES string of the molecule is CC(C)(C)C(=O)[C@H]1CC[C@@H](O)CN1C(=O)C(C)(C)C. The summed E-state index contributed by atoms with van der Waals surface area (Å²) in [6.07, 6.45) is 0.620. The summed E-state index contributed by atoms with van der Waals surface area (Å²) in [6, 6.07) is -0.393. The lowest BCUT2D eigenvalue weighted by Crippen LogP contribution is -2.57. The first kappa shape index (κ1) is 16.2. The molecule has 0 radical (unpaired) electrons. The number of Topliss-reactive ketones (excluding diaryl/α,β-unsaturated/α-hetero) is 1. The molecule has 0 saturated carbocycles. The second-order valence-corrected chi connectivity index (χ2v) is 7.57. The van der Waals surface area contributed by atoms with Crippen molar-refractivity contribution in [3.05, 3.63) is 0 Å². The van der Waals surface area contributed by atoms with Gasteiger partial charge in [-0.3, -0.25) is 9.59 Å². The normalized spacial score (nSPS) is 25.3. The highest BCUT2D eigenvalue weighted by molar-refractivity contribution is 5.93. The Kier molecular flexibility index (Phi) is 4.45. The molecule has 1 heterocycles. The quantitative estimate of drug-likeness (QED) is 0.792. The minimum absolute atomic E-state index is 0.0612. The van der Waals surface area contributed by atoms with Crippen molar-refractivity contribution in [2.45, 2.75) is 66.5 Å². The predicted molar refractivity (Wildman–Crippen MR) is 74.7 cm³/mol. The standard InChI is InChI=1S/C15H27NO3/c1-14(2,3)12(18)11-8-7-10(17)9-16(11)13(19)15(4,5)6/h10-11,17H,7-9H2,1-6H3/t10-,11-/m1/s1. The number of ketones is 1. The fourth-order valence-corrected chi connectivity index (χ4v) is 2.38. The van der Waals surface area contributed by atoms with Gasteiger partial charge in [0.05, 0.1) is 12.1 Å². The molecule has 0 unspecified atom stereocenters. The molecule has 4 nitrogen and oxygen atoms in total. The molecule has 1 aliphatic rings. The Morgan fingerprint density at radius 1 is 1.00 bits per heavy atom. The molecule has 0 aromatic rings. The topological polar surface area (TPSA) is 57.6 Å². The van der Waals surface area contributed by atoms with Crippen molar-refractivity contribution in [1.29, 1.82) is 0 Å². The van der Waals surface area contributed by atoms with Crippen molar-refractivity contribution in [2.24, 2.45) is 10.8 Å². The number of piperidine rings is 1. The fourth-order valence-electron chi connectivity index (χ4n) is 2.38. The molecular formula is C15H27NO3. The van der Waals surface area contributed by atoms with E-state index in [0.29, 0.717) is 12.8 Å². The van der Waals surface area contributed by atoms with E-state index in [0.717, 1.165) is 0 Å². The Hall–Kier alpha value is -0.900. The summed E-state index contributed by atoms with van der Waals surface area (Å²) >= 11 is 0. The molecule has 0 spiro atoms. The molecule has 2 atom stereocenters. The molecule has 1 N–H and O–H groups in total. The van der Waals surface area contributed by atoms with E-state index >= 15 is 0 Å². The maximum atomic E-state index is 12.5. The maximum Gasteiger partial charge on any atom is 0.228 e. The number of aliphatic hydroxyl groups is 1. The second kappa shape index (κ2) is 5.23. The van der Waals surface area contributed by atoms with Crippen molar-refractivity contribution in [3.8, 4) is 0 Å². The lowest BCUT2D eigenvalue weighted by Gasteiger charge is -2.42. The number of carbonyl (C=O) groups is 2. The Balaban J connectivity index is 3.01. The minimum atomic E-state index is -0.534. The molecule has 4 heteroatoms. The molecule has 0 aliphatic carbocycles. The van der Waals surface area contributed by atoms with Crippen LogP contribution in [0.15, 0.2) is 0 Å². The van der Waals surface area contributed by atoms with Crippen LogP contribution in [0.4, 0.5) is 0 Å². The average Bonchev–Trinajstić information content (AvgIpc) is 2.24. The molecule has 110 valence electrons. The zero-order chi connectivity index (χ0) is 15.0. The number of aliphatic hydroxyl groups excluding tert-OH is 1. The molecule has 1 rings (SSSR count). The van der Waals surface area contributed by atoms with Crippen LogP contribution < -0.4 is 0 Å². The minimum Gasteiger partial charge on any atom is -0.391 e. The van der Waals surface area contributed by atoms with Crippen LogP contribution >= 0.6 is 0 Å². The van der Waals surface area contributed by atoms with E-state index in [4.69, 9.17) is 0 Å². The number of β-amino-alcohol motifs (C(OH)–C–C–N with tert-alkyl or cyclic N) is 1. The van der Waals surface area contributed by atoms with Gasteiger partial charge in [-0.1, -0.05) is 41.5 Å². The van der Waals surface area contributed by atoms with Crippen LogP contribution in [-0.2, 0) is 9.59 Å². The summed E-state index contributed by atoms with van der Waals surface area (Å²) in [4.78, 5) is 26.5. The Bertz CT molecular complexity index is 363. The highest BCUT2D eigenvalue weighted by Crippen LogP contribution is 2.29. The third kappa shape index (κ3) is 3.78. The van der Waals surface area contributed by atoms with E-state index in [1.54, 1.807) is 4.90 Å². The summed E-state index contributed by atoms with van der Waals surface area (Å²) in [7, 11) is 0. The monoisotopic (exact) mass is 269 g/mol. The van der Waals surface area contributed by atoms with Crippen molar-refractivity contribution in [2.75, 3.05) is 6.54 Å². The summed E-state index contributed by atoms with van der Waals surface area (Å²) < 4.78 is 0. The molecule has 0 bridgehead atoms. The van der Waals surface area contributed by atoms with E-state index < -0.39 is 23.0 Å². The van der Waals surface area contributed by atoms with Crippen molar-refractivity contribution in [1.82, 2.24) is 4.90 Å². The van der Waals surface area contributed by atoms with Crippen LogP contribution in [0.1, 0.15) is 54.4 Å². The summed E-state index contributed by atoms with van der Waals surface area (Å²) in [5, 5.41) is 9.79. The molecule has 1 aliphatic heterocycles. The Labute approximate surface area is 116 Å². The highest BCUT2D eigenvalue weighted by Gasteiger charge is 2.42. The lowest BCUT2D eigenvalue weighted by molar-refractivity contribution is -0.153. The zero-order valence-corrected chi connectivity index (χ0v) is 13.0. The number of hydrogen-bond acceptors (Lipinski definition) is 3. The summed E-state index contributed by atoms with van der Waals surface area (Å²) in [6.45, 7) is 11.4. The van der Waals surface area contributed by atoms with Crippen molar-refractivity contribution >= 4 is 11.7 Å². The van der Waals surface area contributed by atoms with Gasteiger partial charge in [0.25, 0.3) is 0 Å². The van der Waals surface area contributed by atoms with E-state index in [1.165, 1.54) is 0 Å². The maximum absolute atomic E-state index is 12.5. The van der Waals surface area contributed by atoms with Crippen LogP contribution in [0.3, 0.4) is 0 Å². The third-order valence-electron chi connectivity index (χ3n) is 3.50. The van der Waals surface area contributed by atoms with Gasteiger partial charge in [0.1, 0.15) is 0 Å². The van der Waals surface area contributed by atoms with Gasteiger partial charge in [-0.2, -0.15) is 0 Å². The van der Waals surface area contributed by atoms with Gasteiger partial charge in [-0.25, -0.2) is 0 Å². The molecule has 1 fully saturated rings. The molecule has 0 aromatic carbocycles. The van der Waals surface area contributed by atoms with Crippen LogP contribution in [0.5, 0.6) is 0 Å². The summed E-state index contributed by atoms with van der Waals surface area (Å²) in [5.74, 6) is 0.0193. The third-order valence-corrected chi connectivity index (χ3v) is 3.50. The van der Waals surface area contributed by atoms with E-state index in [-0.39, 0.29) is 18.2 Å². The van der Waals surface area contributed by atoms with Gasteiger partial charge in [-0.15, -0.1) is 0 Å². The van der Waals surface area contributed by atoms with Gasteiger partial charge in [0.2, 0.25) is 5.91 Å². The largest absolute Gasteiger partial charge is 0.391 e. The molecule has 1 amide bonds. The lowest BCUT2D eigenvalue weighted by atomic mass is 9.81. The molecule has 0 aromatic heterocycles. The molecule has 1 saturated heterocycles. The number of hydrogen-bond donors (Lipinski definition) is 1. The molecular weight excluding hydrogens is 242 g/mol. The number of carbonyl (C=O) groups excluding carboxylic acids is 2. The first-order valence-electron chi connectivity index (χ1n) is 6.98.